The zero-order chi connectivity index (χ0) is 11.3. The second-order valence-corrected chi connectivity index (χ2v) is 4.07. The van der Waals surface area contributed by atoms with Gasteiger partial charge in [-0.3, -0.25) is 4.90 Å². The third-order valence-corrected chi connectivity index (χ3v) is 3.21. The van der Waals surface area contributed by atoms with Crippen molar-refractivity contribution in [3.05, 3.63) is 50.6 Å². The average molecular weight is 203 g/mol. The van der Waals surface area contributed by atoms with Crippen molar-refractivity contribution >= 4 is 0 Å². The molecule has 1 fully saturated rings. The molecule has 1 aliphatic heterocycles. The molecule has 0 saturated carbocycles. The van der Waals surface area contributed by atoms with Gasteiger partial charge < -0.3 is 0 Å². The Kier molecular flexibility index (Phi) is 4.10. The first-order chi connectivity index (χ1) is 7.26. The van der Waals surface area contributed by atoms with Crippen LogP contribution in [0.1, 0.15) is 19.3 Å². The van der Waals surface area contributed by atoms with E-state index in [4.69, 9.17) is 0 Å². The summed E-state index contributed by atoms with van der Waals surface area (Å²) in [7, 11) is 0. The number of hydrogen-bond donors (Lipinski definition) is 0. The molecule has 1 nitrogen and oxygen atoms in total. The van der Waals surface area contributed by atoms with Crippen LogP contribution < -0.4 is 0 Å². The molecular formula is C14H21N. The number of nitrogens with zero attached hydrogens (tertiary/aromatic N) is 1. The first-order valence-electron chi connectivity index (χ1n) is 5.47. The molecule has 82 valence electrons. The van der Waals surface area contributed by atoms with E-state index in [9.17, 15) is 0 Å². The van der Waals surface area contributed by atoms with Crippen molar-refractivity contribution in [3.63, 3.8) is 0 Å². The van der Waals surface area contributed by atoms with E-state index in [1.807, 2.05) is 24.3 Å². The Labute approximate surface area is 93.5 Å². The van der Waals surface area contributed by atoms with Crippen LogP contribution in [-0.4, -0.2) is 23.0 Å². The molecule has 1 saturated heterocycles. The molecule has 0 bridgehead atoms. The fourth-order valence-corrected chi connectivity index (χ4v) is 2.55. The van der Waals surface area contributed by atoms with Crippen LogP contribution in [-0.2, 0) is 0 Å². The maximum atomic E-state index is 3.84. The Hall–Kier alpha value is -1.08. The molecule has 0 aromatic carbocycles. The van der Waals surface area contributed by atoms with Crippen molar-refractivity contribution in [2.24, 2.45) is 0 Å². The van der Waals surface area contributed by atoms with Gasteiger partial charge in [0.15, 0.2) is 0 Å². The molecule has 1 rings (SSSR count). The molecule has 0 radical (unpaired) electrons. The summed E-state index contributed by atoms with van der Waals surface area (Å²) in [4.78, 5) is 2.46. The molecule has 1 heteroatoms. The lowest BCUT2D eigenvalue weighted by atomic mass is 9.95. The van der Waals surface area contributed by atoms with Crippen molar-refractivity contribution in [1.29, 1.82) is 0 Å². The van der Waals surface area contributed by atoms with Gasteiger partial charge in [-0.05, 0) is 19.3 Å². The van der Waals surface area contributed by atoms with Crippen molar-refractivity contribution < 1.29 is 0 Å². The second-order valence-electron chi connectivity index (χ2n) is 4.07. The summed E-state index contributed by atoms with van der Waals surface area (Å²) in [5.41, 5.74) is 0.242. The van der Waals surface area contributed by atoms with Gasteiger partial charge in [0.2, 0.25) is 0 Å². The van der Waals surface area contributed by atoms with Crippen molar-refractivity contribution in [3.8, 4) is 0 Å². The van der Waals surface area contributed by atoms with Gasteiger partial charge in [-0.2, -0.15) is 0 Å². The van der Waals surface area contributed by atoms with E-state index in [1.165, 1.54) is 0 Å². The van der Waals surface area contributed by atoms with Gasteiger partial charge in [0.05, 0.1) is 0 Å². The Balaban J connectivity index is 2.75. The molecule has 0 amide bonds. The molecule has 0 aromatic heterocycles. The molecule has 0 N–H and O–H groups in total. The minimum atomic E-state index is 0.242. The normalized spacial score (nSPS) is 26.7. The van der Waals surface area contributed by atoms with Crippen LogP contribution in [0.2, 0.25) is 0 Å². The predicted molar refractivity (Wildman–Crippen MR) is 67.9 cm³/mol. The lowest BCUT2D eigenvalue weighted by molar-refractivity contribution is 0.436. The average Bonchev–Trinajstić information content (AvgIpc) is 2.77. The van der Waals surface area contributed by atoms with E-state index in [0.29, 0.717) is 6.04 Å². The maximum absolute atomic E-state index is 3.84. The third-order valence-electron chi connectivity index (χ3n) is 3.21. The van der Waals surface area contributed by atoms with Gasteiger partial charge in [-0.15, -0.1) is 26.3 Å². The largest absolute Gasteiger partial charge is 0.287 e. The molecule has 0 spiro atoms. The summed E-state index contributed by atoms with van der Waals surface area (Å²) >= 11 is 0. The summed E-state index contributed by atoms with van der Waals surface area (Å²) in [6.45, 7) is 16.3. The van der Waals surface area contributed by atoms with Crippen LogP contribution in [0, 0.1) is 0 Å². The SMILES string of the molecule is C=CCC1N(CC=C)C1(CC=C)CC=C. The highest BCUT2D eigenvalue weighted by Crippen LogP contribution is 2.48. The smallest absolute Gasteiger partial charge is 0.0443 e. The van der Waals surface area contributed by atoms with Gasteiger partial charge in [0.1, 0.15) is 0 Å². The van der Waals surface area contributed by atoms with Crippen LogP contribution in [0.15, 0.2) is 50.6 Å². The van der Waals surface area contributed by atoms with Crippen LogP contribution in [0.25, 0.3) is 0 Å². The Morgan fingerprint density at radius 2 is 1.53 bits per heavy atom. The molecular weight excluding hydrogens is 182 g/mol. The summed E-state index contributed by atoms with van der Waals surface area (Å²) in [5.74, 6) is 0. The lowest BCUT2D eigenvalue weighted by Gasteiger charge is -2.12. The van der Waals surface area contributed by atoms with Gasteiger partial charge in [-0.1, -0.05) is 24.3 Å². The number of hydrogen-bond acceptors (Lipinski definition) is 1. The first kappa shape index (κ1) is 12.0. The minimum Gasteiger partial charge on any atom is -0.287 e. The topological polar surface area (TPSA) is 3.01 Å². The summed E-state index contributed by atoms with van der Waals surface area (Å²) in [6.07, 6.45) is 11.0. The van der Waals surface area contributed by atoms with E-state index in [1.54, 1.807) is 0 Å². The van der Waals surface area contributed by atoms with E-state index in [2.05, 4.69) is 31.2 Å². The third kappa shape index (κ3) is 2.13. The monoisotopic (exact) mass is 203 g/mol. The van der Waals surface area contributed by atoms with Crippen molar-refractivity contribution in [2.75, 3.05) is 6.54 Å². The van der Waals surface area contributed by atoms with Crippen molar-refractivity contribution in [1.82, 2.24) is 4.90 Å². The highest BCUT2D eigenvalue weighted by molar-refractivity contribution is 5.22. The zero-order valence-electron chi connectivity index (χ0n) is 9.49. The summed E-state index contributed by atoms with van der Waals surface area (Å²) < 4.78 is 0. The van der Waals surface area contributed by atoms with Gasteiger partial charge in [-0.25, -0.2) is 0 Å². The maximum Gasteiger partial charge on any atom is 0.0443 e. The number of rotatable bonds is 8. The highest BCUT2D eigenvalue weighted by Gasteiger charge is 2.58. The van der Waals surface area contributed by atoms with E-state index in [-0.39, 0.29) is 5.54 Å². The minimum absolute atomic E-state index is 0.242. The van der Waals surface area contributed by atoms with Crippen LogP contribution in [0.4, 0.5) is 0 Å². The molecule has 2 atom stereocenters. The Bertz CT molecular complexity index is 237. The van der Waals surface area contributed by atoms with Crippen molar-refractivity contribution in [2.45, 2.75) is 30.8 Å². The Morgan fingerprint density at radius 1 is 0.933 bits per heavy atom. The van der Waals surface area contributed by atoms with Gasteiger partial charge in [0, 0.05) is 18.1 Å². The van der Waals surface area contributed by atoms with E-state index in [0.717, 1.165) is 25.8 Å². The predicted octanol–water partition coefficient (Wildman–Crippen LogP) is 3.32. The van der Waals surface area contributed by atoms with E-state index >= 15 is 0 Å². The van der Waals surface area contributed by atoms with Gasteiger partial charge >= 0.3 is 0 Å². The highest BCUT2D eigenvalue weighted by atomic mass is 15.4. The molecule has 1 heterocycles. The summed E-state index contributed by atoms with van der Waals surface area (Å²) in [6, 6.07) is 0.587. The molecule has 0 aromatic rings. The first-order valence-corrected chi connectivity index (χ1v) is 5.47. The summed E-state index contributed by atoms with van der Waals surface area (Å²) in [5, 5.41) is 0. The molecule has 15 heavy (non-hydrogen) atoms. The molecule has 1 aliphatic rings. The second kappa shape index (κ2) is 5.13. The van der Waals surface area contributed by atoms with Crippen LogP contribution in [0.3, 0.4) is 0 Å². The quantitative estimate of drug-likeness (QED) is 0.432. The van der Waals surface area contributed by atoms with Crippen LogP contribution >= 0.6 is 0 Å². The molecule has 0 aliphatic carbocycles. The fourth-order valence-electron chi connectivity index (χ4n) is 2.55. The van der Waals surface area contributed by atoms with Crippen LogP contribution in [0.5, 0.6) is 0 Å². The lowest BCUT2D eigenvalue weighted by Crippen LogP contribution is -2.17. The van der Waals surface area contributed by atoms with E-state index < -0.39 is 0 Å². The fraction of sp³-hybridized carbons (Fsp3) is 0.429. The van der Waals surface area contributed by atoms with Gasteiger partial charge in [0.25, 0.3) is 0 Å². The standard InChI is InChI=1S/C14H21N/c1-5-9-13-14(10-6-2,11-7-3)15(13)12-8-4/h5-8,13H,1-4,9-12H2. The molecule has 2 unspecified atom stereocenters. The Morgan fingerprint density at radius 3 is 1.93 bits per heavy atom. The zero-order valence-corrected chi connectivity index (χ0v) is 9.49.